The van der Waals surface area contributed by atoms with Gasteiger partial charge < -0.3 is 10.1 Å². The molecule has 5 heteroatoms. The lowest BCUT2D eigenvalue weighted by Crippen LogP contribution is -2.11. The van der Waals surface area contributed by atoms with Gasteiger partial charge in [-0.1, -0.05) is 30.3 Å². The summed E-state index contributed by atoms with van der Waals surface area (Å²) >= 11 is 0. The van der Waals surface area contributed by atoms with Crippen molar-refractivity contribution < 1.29 is 4.74 Å². The van der Waals surface area contributed by atoms with E-state index in [1.54, 1.807) is 18.6 Å². The predicted molar refractivity (Wildman–Crippen MR) is 99.5 cm³/mol. The second-order valence-corrected chi connectivity index (χ2v) is 6.14. The minimum atomic E-state index is 0.0713. The molecule has 0 saturated heterocycles. The summed E-state index contributed by atoms with van der Waals surface area (Å²) in [5.74, 6) is 1.22. The highest BCUT2D eigenvalue weighted by molar-refractivity contribution is 5.62. The highest BCUT2D eigenvalue weighted by Gasteiger charge is 2.08. The highest BCUT2D eigenvalue weighted by Crippen LogP contribution is 2.23. The number of anilines is 1. The molecule has 0 fully saturated rings. The van der Waals surface area contributed by atoms with Gasteiger partial charge in [-0.2, -0.15) is 4.98 Å². The molecule has 0 aliphatic heterocycles. The van der Waals surface area contributed by atoms with Gasteiger partial charge in [-0.25, -0.2) is 0 Å². The number of nitrogens with one attached hydrogen (secondary N) is 1. The standard InChI is InChI=1S/C20H22N4O/c1-14(2)25-20-13-22-12-19(24-20)23-15(3)16-6-8-17(9-7-16)18-5-4-10-21-11-18/h4-15H,1-3H3,(H,23,24). The van der Waals surface area contributed by atoms with Crippen molar-refractivity contribution in [1.29, 1.82) is 0 Å². The lowest BCUT2D eigenvalue weighted by molar-refractivity contribution is 0.232. The third kappa shape index (κ3) is 4.53. The molecule has 5 nitrogen and oxygen atoms in total. The fourth-order valence-corrected chi connectivity index (χ4v) is 2.52. The molecule has 0 saturated carbocycles. The lowest BCUT2D eigenvalue weighted by atomic mass is 10.0. The molecule has 128 valence electrons. The number of aromatic nitrogens is 3. The Balaban J connectivity index is 1.70. The molecule has 2 heterocycles. The maximum Gasteiger partial charge on any atom is 0.234 e. The molecule has 0 spiro atoms. The molecule has 25 heavy (non-hydrogen) atoms. The zero-order valence-electron chi connectivity index (χ0n) is 14.7. The first-order valence-corrected chi connectivity index (χ1v) is 8.37. The van der Waals surface area contributed by atoms with Gasteiger partial charge in [0.2, 0.25) is 5.88 Å². The van der Waals surface area contributed by atoms with Gasteiger partial charge in [0.25, 0.3) is 0 Å². The first-order chi connectivity index (χ1) is 12.1. The number of hydrogen-bond donors (Lipinski definition) is 1. The number of nitrogens with zero attached hydrogens (tertiary/aromatic N) is 3. The van der Waals surface area contributed by atoms with Crippen LogP contribution in [0.2, 0.25) is 0 Å². The number of pyridine rings is 1. The van der Waals surface area contributed by atoms with Crippen LogP contribution in [0.3, 0.4) is 0 Å². The second kappa shape index (κ2) is 7.75. The van der Waals surface area contributed by atoms with Crippen LogP contribution in [-0.2, 0) is 0 Å². The monoisotopic (exact) mass is 334 g/mol. The van der Waals surface area contributed by atoms with Gasteiger partial charge in [-0.3, -0.25) is 9.97 Å². The molecule has 0 bridgehead atoms. The molecule has 0 radical (unpaired) electrons. The van der Waals surface area contributed by atoms with E-state index in [9.17, 15) is 0 Å². The molecular weight excluding hydrogens is 312 g/mol. The van der Waals surface area contributed by atoms with Crippen molar-refractivity contribution in [2.75, 3.05) is 5.32 Å². The van der Waals surface area contributed by atoms with E-state index in [0.29, 0.717) is 11.7 Å². The Morgan fingerprint density at radius 1 is 0.880 bits per heavy atom. The quantitative estimate of drug-likeness (QED) is 0.719. The average molecular weight is 334 g/mol. The van der Waals surface area contributed by atoms with Crippen LogP contribution in [-0.4, -0.2) is 21.1 Å². The number of rotatable bonds is 6. The van der Waals surface area contributed by atoms with Gasteiger partial charge in [-0.15, -0.1) is 0 Å². The van der Waals surface area contributed by atoms with Gasteiger partial charge in [0.1, 0.15) is 5.82 Å². The Bertz CT molecular complexity index is 803. The van der Waals surface area contributed by atoms with E-state index in [1.807, 2.05) is 26.1 Å². The summed E-state index contributed by atoms with van der Waals surface area (Å²) < 4.78 is 5.59. The topological polar surface area (TPSA) is 59.9 Å². The SMILES string of the molecule is CC(C)Oc1cncc(NC(C)c2ccc(-c3cccnc3)cc2)n1. The number of hydrogen-bond acceptors (Lipinski definition) is 5. The Hall–Kier alpha value is -2.95. The second-order valence-electron chi connectivity index (χ2n) is 6.14. The zero-order valence-corrected chi connectivity index (χ0v) is 14.7. The smallest absolute Gasteiger partial charge is 0.234 e. The largest absolute Gasteiger partial charge is 0.474 e. The minimum absolute atomic E-state index is 0.0713. The summed E-state index contributed by atoms with van der Waals surface area (Å²) in [4.78, 5) is 12.8. The molecule has 1 aromatic carbocycles. The van der Waals surface area contributed by atoms with E-state index in [0.717, 1.165) is 11.1 Å². The number of benzene rings is 1. The van der Waals surface area contributed by atoms with Gasteiger partial charge in [0.05, 0.1) is 18.5 Å². The normalized spacial score (nSPS) is 12.0. The van der Waals surface area contributed by atoms with Gasteiger partial charge in [-0.05, 0) is 43.5 Å². The van der Waals surface area contributed by atoms with Crippen LogP contribution in [0.4, 0.5) is 5.82 Å². The summed E-state index contributed by atoms with van der Waals surface area (Å²) in [5.41, 5.74) is 3.43. The van der Waals surface area contributed by atoms with Crippen LogP contribution in [0, 0.1) is 0 Å². The lowest BCUT2D eigenvalue weighted by Gasteiger charge is -2.16. The van der Waals surface area contributed by atoms with Crippen LogP contribution >= 0.6 is 0 Å². The van der Waals surface area contributed by atoms with E-state index in [1.165, 1.54) is 5.56 Å². The maximum atomic E-state index is 5.59. The Morgan fingerprint density at radius 3 is 2.36 bits per heavy atom. The molecular formula is C20H22N4O. The van der Waals surface area contributed by atoms with Crippen LogP contribution in [0.15, 0.2) is 61.2 Å². The first-order valence-electron chi connectivity index (χ1n) is 8.37. The average Bonchev–Trinajstić information content (AvgIpc) is 2.62. The summed E-state index contributed by atoms with van der Waals surface area (Å²) in [6.07, 6.45) is 7.04. The molecule has 0 aliphatic rings. The van der Waals surface area contributed by atoms with E-state index >= 15 is 0 Å². The van der Waals surface area contributed by atoms with Crippen molar-refractivity contribution in [2.24, 2.45) is 0 Å². The van der Waals surface area contributed by atoms with E-state index < -0.39 is 0 Å². The molecule has 1 N–H and O–H groups in total. The fourth-order valence-electron chi connectivity index (χ4n) is 2.52. The first kappa shape index (κ1) is 16.9. The van der Waals surface area contributed by atoms with E-state index in [2.05, 4.69) is 57.5 Å². The molecule has 1 unspecified atom stereocenters. The van der Waals surface area contributed by atoms with E-state index in [4.69, 9.17) is 4.74 Å². The molecule has 2 aromatic heterocycles. The predicted octanol–water partition coefficient (Wildman–Crippen LogP) is 4.50. The molecule has 0 amide bonds. The van der Waals surface area contributed by atoms with Crippen LogP contribution in [0.5, 0.6) is 5.88 Å². The number of ether oxygens (including phenoxy) is 1. The van der Waals surface area contributed by atoms with Crippen molar-refractivity contribution in [3.8, 4) is 17.0 Å². The minimum Gasteiger partial charge on any atom is -0.474 e. The summed E-state index contributed by atoms with van der Waals surface area (Å²) in [5, 5.41) is 3.37. The van der Waals surface area contributed by atoms with Gasteiger partial charge >= 0.3 is 0 Å². The summed E-state index contributed by atoms with van der Waals surface area (Å²) in [6.45, 7) is 6.03. The van der Waals surface area contributed by atoms with Crippen molar-refractivity contribution >= 4 is 5.82 Å². The highest BCUT2D eigenvalue weighted by atomic mass is 16.5. The van der Waals surface area contributed by atoms with E-state index in [-0.39, 0.29) is 12.1 Å². The van der Waals surface area contributed by atoms with Crippen molar-refractivity contribution in [1.82, 2.24) is 15.0 Å². The van der Waals surface area contributed by atoms with Gasteiger partial charge in [0, 0.05) is 18.4 Å². The van der Waals surface area contributed by atoms with Crippen molar-refractivity contribution in [3.63, 3.8) is 0 Å². The third-order valence-corrected chi connectivity index (χ3v) is 3.74. The van der Waals surface area contributed by atoms with Gasteiger partial charge in [0.15, 0.2) is 0 Å². The molecule has 0 aliphatic carbocycles. The summed E-state index contributed by atoms with van der Waals surface area (Å²) in [6, 6.07) is 12.5. The Kier molecular flexibility index (Phi) is 5.23. The molecule has 3 rings (SSSR count). The molecule has 3 aromatic rings. The summed E-state index contributed by atoms with van der Waals surface area (Å²) in [7, 11) is 0. The van der Waals surface area contributed by atoms with Crippen LogP contribution < -0.4 is 10.1 Å². The fraction of sp³-hybridized carbons (Fsp3) is 0.250. The Morgan fingerprint density at radius 2 is 1.68 bits per heavy atom. The van der Waals surface area contributed by atoms with Crippen molar-refractivity contribution in [3.05, 3.63) is 66.7 Å². The third-order valence-electron chi connectivity index (χ3n) is 3.74. The molecule has 1 atom stereocenters. The maximum absolute atomic E-state index is 5.59. The zero-order chi connectivity index (χ0) is 17.6. The van der Waals surface area contributed by atoms with Crippen molar-refractivity contribution in [2.45, 2.75) is 32.9 Å². The van der Waals surface area contributed by atoms with Crippen LogP contribution in [0.25, 0.3) is 11.1 Å². The van der Waals surface area contributed by atoms with Crippen LogP contribution in [0.1, 0.15) is 32.4 Å². The Labute approximate surface area is 148 Å².